The van der Waals surface area contributed by atoms with E-state index >= 15 is 0 Å². The molecular formula is C17H27N5O2. The topological polar surface area (TPSA) is 68.3 Å². The quantitative estimate of drug-likeness (QED) is 0.896. The van der Waals surface area contributed by atoms with E-state index in [1.54, 1.807) is 18.0 Å². The van der Waals surface area contributed by atoms with E-state index in [0.29, 0.717) is 0 Å². The Balaban J connectivity index is 1.71. The van der Waals surface area contributed by atoms with Crippen LogP contribution < -0.4 is 4.74 Å². The molecule has 3 rings (SSSR count). The summed E-state index contributed by atoms with van der Waals surface area (Å²) in [4.78, 5) is 6.69. The number of aromatic nitrogens is 4. The van der Waals surface area contributed by atoms with Crippen molar-refractivity contribution in [3.63, 3.8) is 0 Å². The number of methoxy groups -OCH3 is 1. The van der Waals surface area contributed by atoms with Gasteiger partial charge in [-0.05, 0) is 26.3 Å². The van der Waals surface area contributed by atoms with E-state index in [4.69, 9.17) is 4.74 Å². The Morgan fingerprint density at radius 2 is 2.21 bits per heavy atom. The van der Waals surface area contributed by atoms with Gasteiger partial charge in [0.25, 0.3) is 0 Å². The molecule has 2 atom stereocenters. The SMILES string of the molecule is COc1c(CN2CCCC(C(O)c3nccn3C)C2)c(C)nn1C. The van der Waals surface area contributed by atoms with Crippen molar-refractivity contribution < 1.29 is 9.84 Å². The molecule has 132 valence electrons. The fourth-order valence-corrected chi connectivity index (χ4v) is 3.71. The molecule has 24 heavy (non-hydrogen) atoms. The zero-order valence-electron chi connectivity index (χ0n) is 14.9. The van der Waals surface area contributed by atoms with Crippen LogP contribution in [0.1, 0.15) is 36.0 Å². The van der Waals surface area contributed by atoms with Crippen LogP contribution in [0.3, 0.4) is 0 Å². The third kappa shape index (κ3) is 3.18. The van der Waals surface area contributed by atoms with Crippen molar-refractivity contribution in [3.05, 3.63) is 29.5 Å². The first-order valence-electron chi connectivity index (χ1n) is 8.45. The molecule has 0 aliphatic carbocycles. The van der Waals surface area contributed by atoms with Crippen LogP contribution in [0.2, 0.25) is 0 Å². The Morgan fingerprint density at radius 3 is 2.88 bits per heavy atom. The summed E-state index contributed by atoms with van der Waals surface area (Å²) in [5, 5.41) is 15.2. The van der Waals surface area contributed by atoms with E-state index in [0.717, 1.165) is 55.4 Å². The van der Waals surface area contributed by atoms with Crippen LogP contribution in [-0.2, 0) is 20.6 Å². The van der Waals surface area contributed by atoms with E-state index in [-0.39, 0.29) is 5.92 Å². The molecule has 1 aliphatic heterocycles. The molecule has 1 fully saturated rings. The molecule has 2 unspecified atom stereocenters. The second-order valence-corrected chi connectivity index (χ2v) is 6.68. The summed E-state index contributed by atoms with van der Waals surface area (Å²) in [5.74, 6) is 1.76. The second-order valence-electron chi connectivity index (χ2n) is 6.68. The van der Waals surface area contributed by atoms with Gasteiger partial charge in [0, 0.05) is 45.5 Å². The van der Waals surface area contributed by atoms with Crippen molar-refractivity contribution in [1.29, 1.82) is 0 Å². The molecule has 1 aliphatic rings. The van der Waals surface area contributed by atoms with Gasteiger partial charge in [-0.25, -0.2) is 9.67 Å². The van der Waals surface area contributed by atoms with E-state index in [9.17, 15) is 5.11 Å². The molecule has 0 radical (unpaired) electrons. The van der Waals surface area contributed by atoms with E-state index in [2.05, 4.69) is 15.0 Å². The fourth-order valence-electron chi connectivity index (χ4n) is 3.71. The van der Waals surface area contributed by atoms with E-state index in [1.807, 2.05) is 31.8 Å². The van der Waals surface area contributed by atoms with Crippen molar-refractivity contribution in [2.45, 2.75) is 32.4 Å². The lowest BCUT2D eigenvalue weighted by Crippen LogP contribution is -2.38. The first-order chi connectivity index (χ1) is 11.5. The second kappa shape index (κ2) is 6.94. The average molecular weight is 333 g/mol. The van der Waals surface area contributed by atoms with Crippen LogP contribution in [0.15, 0.2) is 12.4 Å². The van der Waals surface area contributed by atoms with Gasteiger partial charge in [0.15, 0.2) is 0 Å². The van der Waals surface area contributed by atoms with Crippen LogP contribution in [0.5, 0.6) is 5.88 Å². The van der Waals surface area contributed by atoms with Crippen molar-refractivity contribution in [2.75, 3.05) is 20.2 Å². The molecule has 0 amide bonds. The third-order valence-electron chi connectivity index (χ3n) is 4.98. The summed E-state index contributed by atoms with van der Waals surface area (Å²) in [6.45, 7) is 4.70. The molecule has 1 N–H and O–H groups in total. The number of ether oxygens (including phenoxy) is 1. The van der Waals surface area contributed by atoms with Gasteiger partial charge in [-0.1, -0.05) is 0 Å². The fraction of sp³-hybridized carbons (Fsp3) is 0.647. The van der Waals surface area contributed by atoms with Gasteiger partial charge in [-0.15, -0.1) is 0 Å². The highest BCUT2D eigenvalue weighted by Gasteiger charge is 2.30. The summed E-state index contributed by atoms with van der Waals surface area (Å²) in [6.07, 6.45) is 5.19. The summed E-state index contributed by atoms with van der Waals surface area (Å²) in [6, 6.07) is 0. The number of aliphatic hydroxyl groups excluding tert-OH is 1. The smallest absolute Gasteiger partial charge is 0.216 e. The van der Waals surface area contributed by atoms with Gasteiger partial charge in [-0.2, -0.15) is 5.10 Å². The molecule has 7 nitrogen and oxygen atoms in total. The molecule has 0 aromatic carbocycles. The van der Waals surface area contributed by atoms with Gasteiger partial charge in [0.05, 0.1) is 18.4 Å². The van der Waals surface area contributed by atoms with Crippen LogP contribution in [0, 0.1) is 12.8 Å². The number of piperidine rings is 1. The van der Waals surface area contributed by atoms with Crippen LogP contribution in [-0.4, -0.2) is 49.5 Å². The number of hydrogen-bond acceptors (Lipinski definition) is 5. The van der Waals surface area contributed by atoms with Crippen molar-refractivity contribution in [1.82, 2.24) is 24.2 Å². The van der Waals surface area contributed by atoms with E-state index in [1.165, 1.54) is 0 Å². The van der Waals surface area contributed by atoms with Crippen molar-refractivity contribution >= 4 is 0 Å². The molecule has 0 spiro atoms. The first kappa shape index (κ1) is 17.0. The van der Waals surface area contributed by atoms with E-state index < -0.39 is 6.10 Å². The zero-order chi connectivity index (χ0) is 17.3. The summed E-state index contributed by atoms with van der Waals surface area (Å²) >= 11 is 0. The van der Waals surface area contributed by atoms with Gasteiger partial charge >= 0.3 is 0 Å². The lowest BCUT2D eigenvalue weighted by Gasteiger charge is -2.34. The Hall–Kier alpha value is -1.86. The highest BCUT2D eigenvalue weighted by molar-refractivity contribution is 5.30. The highest BCUT2D eigenvalue weighted by Crippen LogP contribution is 2.31. The van der Waals surface area contributed by atoms with Crippen LogP contribution in [0.4, 0.5) is 0 Å². The lowest BCUT2D eigenvalue weighted by molar-refractivity contribution is 0.0402. The Labute approximate surface area is 142 Å². The third-order valence-corrected chi connectivity index (χ3v) is 4.98. The molecule has 0 saturated carbocycles. The number of imidazole rings is 1. The molecule has 0 bridgehead atoms. The van der Waals surface area contributed by atoms with Crippen molar-refractivity contribution in [2.24, 2.45) is 20.0 Å². The van der Waals surface area contributed by atoms with Crippen LogP contribution in [0.25, 0.3) is 0 Å². The minimum Gasteiger partial charge on any atom is -0.481 e. The highest BCUT2D eigenvalue weighted by atomic mass is 16.5. The van der Waals surface area contributed by atoms with Crippen LogP contribution >= 0.6 is 0 Å². The molecular weight excluding hydrogens is 306 g/mol. The number of nitrogens with zero attached hydrogens (tertiary/aromatic N) is 5. The summed E-state index contributed by atoms with van der Waals surface area (Å²) in [7, 11) is 5.51. The largest absolute Gasteiger partial charge is 0.481 e. The number of aliphatic hydroxyl groups is 1. The monoisotopic (exact) mass is 333 g/mol. The zero-order valence-corrected chi connectivity index (χ0v) is 14.9. The molecule has 1 saturated heterocycles. The molecule has 7 heteroatoms. The Morgan fingerprint density at radius 1 is 1.42 bits per heavy atom. The molecule has 2 aromatic rings. The predicted molar refractivity (Wildman–Crippen MR) is 90.7 cm³/mol. The maximum absolute atomic E-state index is 10.7. The number of hydrogen-bond donors (Lipinski definition) is 1. The first-order valence-corrected chi connectivity index (χ1v) is 8.45. The minimum absolute atomic E-state index is 0.197. The van der Waals surface area contributed by atoms with Gasteiger partial charge in [0.1, 0.15) is 11.9 Å². The lowest BCUT2D eigenvalue weighted by atomic mass is 9.91. The number of likely N-dealkylation sites (tertiary alicyclic amines) is 1. The standard InChI is InChI=1S/C17H27N5O2/c1-12-14(17(24-4)21(3)19-12)11-22-8-5-6-13(10-22)15(23)16-18-7-9-20(16)2/h7,9,13,15,23H,5-6,8,10-11H2,1-4H3. The number of rotatable bonds is 5. The molecule has 2 aromatic heterocycles. The normalized spacial score (nSPS) is 20.3. The predicted octanol–water partition coefficient (Wildman–Crippen LogP) is 1.42. The summed E-state index contributed by atoms with van der Waals surface area (Å²) in [5.41, 5.74) is 2.13. The summed E-state index contributed by atoms with van der Waals surface area (Å²) < 4.78 is 9.19. The van der Waals surface area contributed by atoms with Gasteiger partial charge in [-0.3, -0.25) is 4.90 Å². The minimum atomic E-state index is -0.523. The number of aryl methyl sites for hydroxylation is 3. The maximum Gasteiger partial charge on any atom is 0.216 e. The Bertz CT molecular complexity index is 693. The average Bonchev–Trinajstić information content (AvgIpc) is 3.10. The Kier molecular flexibility index (Phi) is 4.91. The van der Waals surface area contributed by atoms with Crippen molar-refractivity contribution in [3.8, 4) is 5.88 Å². The van der Waals surface area contributed by atoms with Gasteiger partial charge < -0.3 is 14.4 Å². The van der Waals surface area contributed by atoms with Gasteiger partial charge in [0.2, 0.25) is 5.88 Å². The molecule has 3 heterocycles. The maximum atomic E-state index is 10.7.